The number of hydrogen-bond donors (Lipinski definition) is 2. The van der Waals surface area contributed by atoms with E-state index >= 15 is 0 Å². The van der Waals surface area contributed by atoms with Crippen molar-refractivity contribution in [2.45, 2.75) is 51.5 Å². The summed E-state index contributed by atoms with van der Waals surface area (Å²) in [5.74, 6) is -0.595. The van der Waals surface area contributed by atoms with Gasteiger partial charge in [-0.25, -0.2) is 17.6 Å². The van der Waals surface area contributed by atoms with Crippen molar-refractivity contribution >= 4 is 37.7 Å². The lowest BCUT2D eigenvalue weighted by molar-refractivity contribution is 0.138. The van der Waals surface area contributed by atoms with Gasteiger partial charge in [0, 0.05) is 11.1 Å². The lowest BCUT2D eigenvalue weighted by atomic mass is 10.1. The highest BCUT2D eigenvalue weighted by Gasteiger charge is 2.31. The molecule has 1 fully saturated rings. The van der Waals surface area contributed by atoms with Crippen LogP contribution in [-0.4, -0.2) is 32.4 Å². The van der Waals surface area contributed by atoms with Gasteiger partial charge in [0.25, 0.3) is 0 Å². The molecule has 0 unspecified atom stereocenters. The smallest absolute Gasteiger partial charge is 0.407 e. The van der Waals surface area contributed by atoms with E-state index in [4.69, 9.17) is 4.74 Å². The van der Waals surface area contributed by atoms with Crippen LogP contribution >= 0.6 is 15.9 Å². The third kappa shape index (κ3) is 6.42. The number of amides is 1. The molecule has 0 heterocycles. The third-order valence-corrected chi connectivity index (χ3v) is 5.62. The van der Waals surface area contributed by atoms with Crippen molar-refractivity contribution in [2.75, 3.05) is 17.1 Å². The Hall–Kier alpha value is -1.35. The Morgan fingerprint density at radius 2 is 2.00 bits per heavy atom. The topological polar surface area (TPSA) is 84.5 Å². The molecule has 1 aromatic rings. The van der Waals surface area contributed by atoms with Crippen molar-refractivity contribution in [3.05, 3.63) is 28.0 Å². The Bertz CT molecular complexity index is 774. The maximum atomic E-state index is 14.3. The quantitative estimate of drug-likeness (QED) is 0.611. The number of rotatable bonds is 7. The number of halogens is 2. The molecule has 9 heteroatoms. The first-order valence-electron chi connectivity index (χ1n) is 8.42. The summed E-state index contributed by atoms with van der Waals surface area (Å²) < 4.78 is 46.6. The van der Waals surface area contributed by atoms with Crippen LogP contribution in [0.4, 0.5) is 14.9 Å². The summed E-state index contributed by atoms with van der Waals surface area (Å²) in [4.78, 5) is 11.5. The van der Waals surface area contributed by atoms with Crippen molar-refractivity contribution in [1.29, 1.82) is 0 Å². The van der Waals surface area contributed by atoms with Crippen LogP contribution in [0.3, 0.4) is 0 Å². The highest BCUT2D eigenvalue weighted by Crippen LogP contribution is 2.46. The maximum absolute atomic E-state index is 14.3. The Kier molecular flexibility index (Phi) is 6.55. The van der Waals surface area contributed by atoms with Gasteiger partial charge in [-0.05, 0) is 74.0 Å². The molecule has 0 aromatic heterocycles. The normalized spacial score (nSPS) is 14.8. The summed E-state index contributed by atoms with van der Waals surface area (Å²) >= 11 is 3.13. The van der Waals surface area contributed by atoms with E-state index in [-0.39, 0.29) is 30.4 Å². The first-order valence-corrected chi connectivity index (χ1v) is 10.9. The molecule has 0 radical (unpaired) electrons. The molecule has 0 bridgehead atoms. The fourth-order valence-electron chi connectivity index (χ4n) is 2.40. The first-order chi connectivity index (χ1) is 12.0. The second kappa shape index (κ2) is 8.12. The van der Waals surface area contributed by atoms with Crippen LogP contribution in [0.15, 0.2) is 16.6 Å². The average Bonchev–Trinajstić information content (AvgIpc) is 3.30. The summed E-state index contributed by atoms with van der Waals surface area (Å²) in [7, 11) is -3.67. The van der Waals surface area contributed by atoms with Crippen LogP contribution < -0.4 is 10.0 Å². The lowest BCUT2D eigenvalue weighted by Gasteiger charge is -2.20. The predicted molar refractivity (Wildman–Crippen MR) is 102 cm³/mol. The monoisotopic (exact) mass is 450 g/mol. The molecule has 0 spiro atoms. The Labute approximate surface area is 162 Å². The molecule has 26 heavy (non-hydrogen) atoms. The summed E-state index contributed by atoms with van der Waals surface area (Å²) in [6.07, 6.45) is 1.25. The molecule has 1 saturated carbocycles. The second-order valence-corrected chi connectivity index (χ2v) is 10.1. The highest BCUT2D eigenvalue weighted by atomic mass is 79.9. The van der Waals surface area contributed by atoms with Gasteiger partial charge in [-0.1, -0.05) is 0 Å². The van der Waals surface area contributed by atoms with Crippen molar-refractivity contribution in [3.63, 3.8) is 0 Å². The van der Waals surface area contributed by atoms with E-state index in [2.05, 4.69) is 26.0 Å². The molecular formula is C17H24BrFN2O4S. The molecule has 6 nitrogen and oxygen atoms in total. The van der Waals surface area contributed by atoms with E-state index < -0.39 is 27.5 Å². The molecule has 0 atom stereocenters. The maximum Gasteiger partial charge on any atom is 0.407 e. The van der Waals surface area contributed by atoms with E-state index in [1.165, 1.54) is 6.07 Å². The fraction of sp³-hybridized carbons (Fsp3) is 0.588. The number of ether oxygens (including phenoxy) is 1. The van der Waals surface area contributed by atoms with Gasteiger partial charge in [-0.3, -0.25) is 4.72 Å². The van der Waals surface area contributed by atoms with Gasteiger partial charge < -0.3 is 10.1 Å². The highest BCUT2D eigenvalue weighted by molar-refractivity contribution is 9.10. The van der Waals surface area contributed by atoms with Gasteiger partial charge in [0.1, 0.15) is 5.82 Å². The van der Waals surface area contributed by atoms with Crippen molar-refractivity contribution < 1.29 is 22.3 Å². The first kappa shape index (κ1) is 21.0. The Balaban J connectivity index is 1.90. The standard InChI is InChI=1S/C17H24BrFN2O4S/c1-17(2,3)20-16(22)25-9-4-10-26(23,24)21-13-8-7-12(18)15(19)14(13)11-5-6-11/h7-8,11,21H,4-6,9-10H2,1-3H3,(H,20,22). The van der Waals surface area contributed by atoms with E-state index in [1.807, 2.05) is 20.8 Å². The molecule has 2 N–H and O–H groups in total. The number of carbonyl (C=O) groups is 1. The summed E-state index contributed by atoms with van der Waals surface area (Å²) in [5.41, 5.74) is 0.263. The van der Waals surface area contributed by atoms with E-state index in [0.29, 0.717) is 10.0 Å². The third-order valence-electron chi connectivity index (χ3n) is 3.65. The van der Waals surface area contributed by atoms with Gasteiger partial charge in [0.05, 0.1) is 22.5 Å². The minimum atomic E-state index is -3.67. The van der Waals surface area contributed by atoms with Crippen molar-refractivity contribution in [3.8, 4) is 0 Å². The van der Waals surface area contributed by atoms with E-state index in [0.717, 1.165) is 12.8 Å². The van der Waals surface area contributed by atoms with E-state index in [1.54, 1.807) is 6.07 Å². The summed E-state index contributed by atoms with van der Waals surface area (Å²) in [6.45, 7) is 5.43. The van der Waals surface area contributed by atoms with Crippen molar-refractivity contribution in [2.24, 2.45) is 0 Å². The minimum absolute atomic E-state index is 0.0208. The van der Waals surface area contributed by atoms with Crippen LogP contribution in [0.5, 0.6) is 0 Å². The summed E-state index contributed by atoms with van der Waals surface area (Å²) in [5, 5.41) is 2.62. The number of alkyl carbamates (subject to hydrolysis) is 1. The van der Waals surface area contributed by atoms with Gasteiger partial charge >= 0.3 is 6.09 Å². The molecule has 1 aliphatic rings. The number of hydrogen-bond acceptors (Lipinski definition) is 4. The lowest BCUT2D eigenvalue weighted by Crippen LogP contribution is -2.41. The molecular weight excluding hydrogens is 427 g/mol. The zero-order valence-corrected chi connectivity index (χ0v) is 17.5. The van der Waals surface area contributed by atoms with Crippen LogP contribution in [0, 0.1) is 5.82 Å². The zero-order chi connectivity index (χ0) is 19.5. The number of benzene rings is 1. The largest absolute Gasteiger partial charge is 0.450 e. The molecule has 0 aliphatic heterocycles. The van der Waals surface area contributed by atoms with Crippen LogP contribution in [-0.2, 0) is 14.8 Å². The van der Waals surface area contributed by atoms with E-state index in [9.17, 15) is 17.6 Å². The van der Waals surface area contributed by atoms with Gasteiger partial charge in [-0.15, -0.1) is 0 Å². The molecule has 146 valence electrons. The summed E-state index contributed by atoms with van der Waals surface area (Å²) in [6, 6.07) is 3.05. The predicted octanol–water partition coefficient (Wildman–Crippen LogP) is 4.12. The van der Waals surface area contributed by atoms with Gasteiger partial charge in [-0.2, -0.15) is 0 Å². The number of nitrogens with one attached hydrogen (secondary N) is 2. The number of sulfonamides is 1. The number of carbonyl (C=O) groups excluding carboxylic acids is 1. The zero-order valence-electron chi connectivity index (χ0n) is 15.1. The van der Waals surface area contributed by atoms with Crippen LogP contribution in [0.1, 0.15) is 51.5 Å². The van der Waals surface area contributed by atoms with Gasteiger partial charge in [0.2, 0.25) is 10.0 Å². The van der Waals surface area contributed by atoms with Crippen LogP contribution in [0.2, 0.25) is 0 Å². The molecule has 1 aliphatic carbocycles. The SMILES string of the molecule is CC(C)(C)NC(=O)OCCCS(=O)(=O)Nc1ccc(Br)c(F)c1C1CC1. The molecule has 1 aromatic carbocycles. The molecule has 2 rings (SSSR count). The van der Waals surface area contributed by atoms with Crippen molar-refractivity contribution in [1.82, 2.24) is 5.32 Å². The molecule has 1 amide bonds. The second-order valence-electron chi connectivity index (χ2n) is 7.38. The number of anilines is 1. The Morgan fingerprint density at radius 1 is 1.35 bits per heavy atom. The van der Waals surface area contributed by atoms with Crippen LogP contribution in [0.25, 0.3) is 0 Å². The van der Waals surface area contributed by atoms with Gasteiger partial charge in [0.15, 0.2) is 0 Å². The Morgan fingerprint density at radius 3 is 2.58 bits per heavy atom. The molecule has 0 saturated heterocycles. The minimum Gasteiger partial charge on any atom is -0.450 e. The average molecular weight is 451 g/mol. The fourth-order valence-corrected chi connectivity index (χ4v) is 3.86.